The standard InChI is InChI=1S/C23H25N3O2S/c1-3-28-20-10-6-17(7-11-20)22-21-5-4-14-25(21)15-16-26(22)23(29)24-18-8-12-19(27-2)13-9-18/h4-14,22H,3,15-16H2,1-2H3,(H,24,29)/t22-/m1/s1. The van der Waals surface area contributed by atoms with Crippen LogP contribution in [0.1, 0.15) is 24.2 Å². The number of ether oxygens (including phenoxy) is 2. The molecule has 0 saturated carbocycles. The summed E-state index contributed by atoms with van der Waals surface area (Å²) < 4.78 is 13.1. The van der Waals surface area contributed by atoms with Gasteiger partial charge in [-0.05, 0) is 73.2 Å². The van der Waals surface area contributed by atoms with Crippen molar-refractivity contribution in [2.24, 2.45) is 0 Å². The van der Waals surface area contributed by atoms with E-state index in [4.69, 9.17) is 21.7 Å². The lowest BCUT2D eigenvalue weighted by atomic mass is 10.00. The molecule has 150 valence electrons. The number of hydrogen-bond acceptors (Lipinski definition) is 3. The number of fused-ring (bicyclic) bond motifs is 1. The Morgan fingerprint density at radius 1 is 1.03 bits per heavy atom. The first-order chi connectivity index (χ1) is 14.2. The van der Waals surface area contributed by atoms with Crippen LogP contribution in [0.4, 0.5) is 5.69 Å². The third kappa shape index (κ3) is 4.07. The van der Waals surface area contributed by atoms with Gasteiger partial charge in [0.1, 0.15) is 11.5 Å². The third-order valence-electron chi connectivity index (χ3n) is 5.15. The van der Waals surface area contributed by atoms with Crippen LogP contribution in [0.2, 0.25) is 0 Å². The monoisotopic (exact) mass is 407 g/mol. The third-order valence-corrected chi connectivity index (χ3v) is 5.48. The number of hydrogen-bond donors (Lipinski definition) is 1. The predicted molar refractivity (Wildman–Crippen MR) is 120 cm³/mol. The molecule has 0 bridgehead atoms. The quantitative estimate of drug-likeness (QED) is 0.621. The van der Waals surface area contributed by atoms with Crippen molar-refractivity contribution >= 4 is 23.0 Å². The summed E-state index contributed by atoms with van der Waals surface area (Å²) in [7, 11) is 1.66. The molecule has 2 heterocycles. The first-order valence-corrected chi connectivity index (χ1v) is 10.2. The lowest BCUT2D eigenvalue weighted by Crippen LogP contribution is -2.44. The van der Waals surface area contributed by atoms with Crippen LogP contribution < -0.4 is 14.8 Å². The molecule has 5 nitrogen and oxygen atoms in total. The highest BCUT2D eigenvalue weighted by Crippen LogP contribution is 2.34. The fourth-order valence-corrected chi connectivity index (χ4v) is 4.05. The Hall–Kier alpha value is -2.99. The van der Waals surface area contributed by atoms with Crippen molar-refractivity contribution in [3.8, 4) is 11.5 Å². The zero-order chi connectivity index (χ0) is 20.2. The summed E-state index contributed by atoms with van der Waals surface area (Å²) in [6.45, 7) is 4.39. The van der Waals surface area contributed by atoms with Crippen LogP contribution in [-0.2, 0) is 6.54 Å². The van der Waals surface area contributed by atoms with Gasteiger partial charge in [-0.1, -0.05) is 12.1 Å². The SMILES string of the molecule is CCOc1ccc([C@@H]2c3cccn3CCN2C(=S)Nc2ccc(OC)cc2)cc1. The molecule has 1 N–H and O–H groups in total. The number of aromatic nitrogens is 1. The smallest absolute Gasteiger partial charge is 0.174 e. The van der Waals surface area contributed by atoms with Gasteiger partial charge in [0.2, 0.25) is 0 Å². The van der Waals surface area contributed by atoms with Crippen LogP contribution in [0.25, 0.3) is 0 Å². The lowest BCUT2D eigenvalue weighted by molar-refractivity contribution is 0.293. The molecule has 0 radical (unpaired) electrons. The molecule has 1 aromatic heterocycles. The molecular weight excluding hydrogens is 382 g/mol. The maximum Gasteiger partial charge on any atom is 0.174 e. The Labute approximate surface area is 176 Å². The summed E-state index contributed by atoms with van der Waals surface area (Å²) in [5.41, 5.74) is 3.37. The maximum absolute atomic E-state index is 5.81. The van der Waals surface area contributed by atoms with Crippen molar-refractivity contribution in [3.63, 3.8) is 0 Å². The maximum atomic E-state index is 5.81. The van der Waals surface area contributed by atoms with Crippen molar-refractivity contribution < 1.29 is 9.47 Å². The normalized spacial score (nSPS) is 15.5. The second-order valence-electron chi connectivity index (χ2n) is 6.88. The molecule has 3 aromatic rings. The summed E-state index contributed by atoms with van der Waals surface area (Å²) >= 11 is 5.81. The minimum atomic E-state index is 0.0488. The molecule has 1 atom stereocenters. The highest BCUT2D eigenvalue weighted by molar-refractivity contribution is 7.80. The Morgan fingerprint density at radius 2 is 1.76 bits per heavy atom. The molecule has 0 saturated heterocycles. The van der Waals surface area contributed by atoms with Crippen LogP contribution >= 0.6 is 12.2 Å². The molecule has 4 rings (SSSR count). The molecule has 0 fully saturated rings. The summed E-state index contributed by atoms with van der Waals surface area (Å²) in [5.74, 6) is 1.71. The van der Waals surface area contributed by atoms with Gasteiger partial charge in [-0.2, -0.15) is 0 Å². The van der Waals surface area contributed by atoms with E-state index < -0.39 is 0 Å². The van der Waals surface area contributed by atoms with E-state index in [-0.39, 0.29) is 6.04 Å². The Morgan fingerprint density at radius 3 is 2.45 bits per heavy atom. The Kier molecular flexibility index (Phi) is 5.71. The number of methoxy groups -OCH3 is 1. The molecule has 0 amide bonds. The number of nitrogens with one attached hydrogen (secondary N) is 1. The van der Waals surface area contributed by atoms with Crippen molar-refractivity contribution in [3.05, 3.63) is 78.1 Å². The van der Waals surface area contributed by atoms with Crippen LogP contribution in [0, 0.1) is 0 Å². The highest BCUT2D eigenvalue weighted by atomic mass is 32.1. The predicted octanol–water partition coefficient (Wildman–Crippen LogP) is 4.70. The fraction of sp³-hybridized carbons (Fsp3) is 0.261. The second-order valence-corrected chi connectivity index (χ2v) is 7.27. The minimum Gasteiger partial charge on any atom is -0.497 e. The van der Waals surface area contributed by atoms with E-state index in [2.05, 4.69) is 45.2 Å². The van der Waals surface area contributed by atoms with Gasteiger partial charge in [0, 0.05) is 30.7 Å². The van der Waals surface area contributed by atoms with Crippen molar-refractivity contribution in [1.29, 1.82) is 0 Å². The molecule has 29 heavy (non-hydrogen) atoms. The van der Waals surface area contributed by atoms with Gasteiger partial charge in [-0.25, -0.2) is 0 Å². The van der Waals surface area contributed by atoms with Crippen LogP contribution in [-0.4, -0.2) is 34.8 Å². The molecule has 2 aromatic carbocycles. The number of rotatable bonds is 5. The van der Waals surface area contributed by atoms with E-state index >= 15 is 0 Å². The summed E-state index contributed by atoms with van der Waals surface area (Å²) in [6.07, 6.45) is 2.13. The second kappa shape index (κ2) is 8.57. The number of thiocarbonyl (C=S) groups is 1. The van der Waals surface area contributed by atoms with Gasteiger partial charge in [-0.15, -0.1) is 0 Å². The van der Waals surface area contributed by atoms with Gasteiger partial charge in [0.15, 0.2) is 5.11 Å². The average molecular weight is 408 g/mol. The van der Waals surface area contributed by atoms with Crippen molar-refractivity contribution in [2.45, 2.75) is 19.5 Å². The van der Waals surface area contributed by atoms with E-state index in [1.165, 1.54) is 11.3 Å². The summed E-state index contributed by atoms with van der Waals surface area (Å²) in [4.78, 5) is 2.25. The van der Waals surface area contributed by atoms with E-state index in [0.717, 1.165) is 30.3 Å². The molecule has 6 heteroatoms. The summed E-state index contributed by atoms with van der Waals surface area (Å²) in [6, 6.07) is 20.4. The van der Waals surface area contributed by atoms with Crippen molar-refractivity contribution in [2.75, 3.05) is 25.6 Å². The number of anilines is 1. The Bertz CT molecular complexity index is 967. The van der Waals surface area contributed by atoms with Gasteiger partial charge in [-0.3, -0.25) is 0 Å². The lowest BCUT2D eigenvalue weighted by Gasteiger charge is -2.39. The summed E-state index contributed by atoms with van der Waals surface area (Å²) in [5, 5.41) is 4.09. The zero-order valence-corrected chi connectivity index (χ0v) is 17.5. The molecule has 1 aliphatic heterocycles. The van der Waals surface area contributed by atoms with E-state index in [0.29, 0.717) is 11.7 Å². The van der Waals surface area contributed by atoms with Gasteiger partial charge in [0.25, 0.3) is 0 Å². The molecule has 1 aliphatic rings. The van der Waals surface area contributed by atoms with Crippen LogP contribution in [0.3, 0.4) is 0 Å². The topological polar surface area (TPSA) is 38.7 Å². The van der Waals surface area contributed by atoms with Crippen molar-refractivity contribution in [1.82, 2.24) is 9.47 Å². The zero-order valence-electron chi connectivity index (χ0n) is 16.7. The van der Waals surface area contributed by atoms with E-state index in [9.17, 15) is 0 Å². The molecule has 0 unspecified atom stereocenters. The molecule has 0 spiro atoms. The van der Waals surface area contributed by atoms with E-state index in [1.807, 2.05) is 43.3 Å². The van der Waals surface area contributed by atoms with Gasteiger partial charge < -0.3 is 24.3 Å². The molecular formula is C23H25N3O2S. The van der Waals surface area contributed by atoms with E-state index in [1.54, 1.807) is 7.11 Å². The number of nitrogens with zero attached hydrogens (tertiary/aromatic N) is 2. The van der Waals surface area contributed by atoms with Crippen LogP contribution in [0.15, 0.2) is 66.9 Å². The largest absolute Gasteiger partial charge is 0.497 e. The van der Waals surface area contributed by atoms with Gasteiger partial charge >= 0.3 is 0 Å². The van der Waals surface area contributed by atoms with Crippen LogP contribution in [0.5, 0.6) is 11.5 Å². The molecule has 0 aliphatic carbocycles. The number of benzene rings is 2. The average Bonchev–Trinajstić information content (AvgIpc) is 3.23. The fourth-order valence-electron chi connectivity index (χ4n) is 3.74. The first kappa shape index (κ1) is 19.3. The minimum absolute atomic E-state index is 0.0488. The highest BCUT2D eigenvalue weighted by Gasteiger charge is 2.30. The van der Waals surface area contributed by atoms with Gasteiger partial charge in [0.05, 0.1) is 19.8 Å². The first-order valence-electron chi connectivity index (χ1n) is 9.79. The Balaban J connectivity index is 1.61.